The highest BCUT2D eigenvalue weighted by Crippen LogP contribution is 2.18. The molecule has 0 aliphatic heterocycles. The normalized spacial score (nSPS) is 12.5. The molecule has 0 aromatic heterocycles. The Morgan fingerprint density at radius 2 is 0.481 bits per heavy atom. The van der Waals surface area contributed by atoms with Gasteiger partial charge in [-0.3, -0.25) is 14.4 Å². The summed E-state index contributed by atoms with van der Waals surface area (Å²) in [6, 6.07) is 0. The van der Waals surface area contributed by atoms with E-state index in [2.05, 4.69) is 93.7 Å². The van der Waals surface area contributed by atoms with E-state index in [9.17, 15) is 14.4 Å². The summed E-state index contributed by atoms with van der Waals surface area (Å²) in [7, 11) is 0. The highest BCUT2D eigenvalue weighted by atomic mass is 16.6. The van der Waals surface area contributed by atoms with Gasteiger partial charge in [-0.2, -0.15) is 0 Å². The lowest BCUT2D eigenvalue weighted by atomic mass is 10.0. The van der Waals surface area contributed by atoms with E-state index in [1.807, 2.05) is 0 Å². The number of hydrogen-bond acceptors (Lipinski definition) is 6. The van der Waals surface area contributed by atoms with Gasteiger partial charge in [0.2, 0.25) is 0 Å². The standard InChI is InChI=1S/C75H134O6/c1-4-7-10-13-16-19-21-23-25-27-29-31-33-34-35-36-37-38-39-40-42-43-45-47-49-51-53-56-59-62-65-68-74(77)80-71-72(70-79-73(76)67-64-61-58-55-18-15-12-9-6-3)81-75(78)69-66-63-60-57-54-52-50-48-46-44-41-32-30-28-26-24-22-20-17-14-11-8-5-2/h8,11,17,20,24,26-27,29-30,32,44,46,72H,4-7,9-10,12-16,18-19,21-23,25,28,31,33-43,45,47-71H2,1-3H3/b11-8-,20-17-,26-24-,29-27-,32-30-,46-44-. The molecule has 6 nitrogen and oxygen atoms in total. The van der Waals surface area contributed by atoms with Crippen LogP contribution in [0.1, 0.15) is 367 Å². The summed E-state index contributed by atoms with van der Waals surface area (Å²) in [6.07, 6.45) is 91.0. The monoisotopic (exact) mass is 1130 g/mol. The molecule has 0 saturated carbocycles. The van der Waals surface area contributed by atoms with Crippen LogP contribution in [0.15, 0.2) is 72.9 Å². The molecule has 1 unspecified atom stereocenters. The van der Waals surface area contributed by atoms with Crippen LogP contribution in [0.3, 0.4) is 0 Å². The van der Waals surface area contributed by atoms with Crippen molar-refractivity contribution in [3.05, 3.63) is 72.9 Å². The highest BCUT2D eigenvalue weighted by molar-refractivity contribution is 5.71. The van der Waals surface area contributed by atoms with Gasteiger partial charge in [0.15, 0.2) is 6.10 Å². The van der Waals surface area contributed by atoms with Crippen LogP contribution in [0.25, 0.3) is 0 Å². The minimum atomic E-state index is -0.779. The predicted octanol–water partition coefficient (Wildman–Crippen LogP) is 24.4. The first-order chi connectivity index (χ1) is 40.0. The van der Waals surface area contributed by atoms with Crippen LogP contribution >= 0.6 is 0 Å². The van der Waals surface area contributed by atoms with Crippen molar-refractivity contribution in [2.24, 2.45) is 0 Å². The van der Waals surface area contributed by atoms with Gasteiger partial charge in [-0.1, -0.05) is 331 Å². The average Bonchev–Trinajstić information content (AvgIpc) is 3.47. The van der Waals surface area contributed by atoms with Gasteiger partial charge in [0.25, 0.3) is 0 Å². The largest absolute Gasteiger partial charge is 0.462 e. The molecule has 0 aliphatic carbocycles. The number of esters is 3. The molecule has 0 bridgehead atoms. The first-order valence-electron chi connectivity index (χ1n) is 35.4. The molecule has 0 heterocycles. The molecular formula is C75H134O6. The average molecular weight is 1130 g/mol. The molecule has 0 aliphatic rings. The molecule has 0 fully saturated rings. The van der Waals surface area contributed by atoms with Gasteiger partial charge in [-0.15, -0.1) is 0 Å². The number of ether oxygens (including phenoxy) is 3. The van der Waals surface area contributed by atoms with Crippen molar-refractivity contribution in [3.63, 3.8) is 0 Å². The molecule has 0 aromatic carbocycles. The van der Waals surface area contributed by atoms with E-state index in [-0.39, 0.29) is 31.1 Å². The molecule has 470 valence electrons. The lowest BCUT2D eigenvalue weighted by Crippen LogP contribution is -2.30. The minimum absolute atomic E-state index is 0.0758. The fourth-order valence-electron chi connectivity index (χ4n) is 10.4. The Morgan fingerprint density at radius 1 is 0.259 bits per heavy atom. The van der Waals surface area contributed by atoms with E-state index in [1.165, 1.54) is 231 Å². The van der Waals surface area contributed by atoms with Crippen molar-refractivity contribution in [2.75, 3.05) is 13.2 Å². The van der Waals surface area contributed by atoms with Crippen molar-refractivity contribution < 1.29 is 28.6 Å². The predicted molar refractivity (Wildman–Crippen MR) is 353 cm³/mol. The first kappa shape index (κ1) is 77.9. The third-order valence-electron chi connectivity index (χ3n) is 15.7. The zero-order chi connectivity index (χ0) is 58.5. The van der Waals surface area contributed by atoms with Crippen LogP contribution < -0.4 is 0 Å². The Bertz CT molecular complexity index is 1490. The second-order valence-electron chi connectivity index (χ2n) is 23.8. The Hall–Kier alpha value is -3.15. The number of hydrogen-bond donors (Lipinski definition) is 0. The van der Waals surface area contributed by atoms with Gasteiger partial charge in [-0.25, -0.2) is 0 Å². The Labute approximate surface area is 503 Å². The summed E-state index contributed by atoms with van der Waals surface area (Å²) in [4.78, 5) is 38.3. The van der Waals surface area contributed by atoms with Gasteiger partial charge in [0.05, 0.1) is 0 Å². The molecule has 6 heteroatoms. The topological polar surface area (TPSA) is 78.9 Å². The number of rotatable bonds is 65. The van der Waals surface area contributed by atoms with Crippen LogP contribution in [0.4, 0.5) is 0 Å². The molecule has 0 radical (unpaired) electrons. The van der Waals surface area contributed by atoms with E-state index in [0.29, 0.717) is 19.3 Å². The van der Waals surface area contributed by atoms with Crippen LogP contribution in [0, 0.1) is 0 Å². The van der Waals surface area contributed by atoms with Gasteiger partial charge in [-0.05, 0) is 89.9 Å². The number of unbranched alkanes of at least 4 members (excludes halogenated alkanes) is 42. The first-order valence-corrected chi connectivity index (χ1v) is 35.4. The van der Waals surface area contributed by atoms with Crippen molar-refractivity contribution in [3.8, 4) is 0 Å². The van der Waals surface area contributed by atoms with E-state index in [0.717, 1.165) is 96.3 Å². The summed E-state index contributed by atoms with van der Waals surface area (Å²) < 4.78 is 16.9. The highest BCUT2D eigenvalue weighted by Gasteiger charge is 2.19. The Balaban J connectivity index is 4.11. The van der Waals surface area contributed by atoms with Crippen LogP contribution in [-0.4, -0.2) is 37.2 Å². The molecule has 0 N–H and O–H groups in total. The fraction of sp³-hybridized carbons (Fsp3) is 0.800. The van der Waals surface area contributed by atoms with E-state index in [1.54, 1.807) is 0 Å². The second-order valence-corrected chi connectivity index (χ2v) is 23.8. The number of carbonyl (C=O) groups excluding carboxylic acids is 3. The van der Waals surface area contributed by atoms with Crippen molar-refractivity contribution in [1.82, 2.24) is 0 Å². The van der Waals surface area contributed by atoms with Crippen molar-refractivity contribution in [1.29, 1.82) is 0 Å². The van der Waals surface area contributed by atoms with Crippen molar-refractivity contribution in [2.45, 2.75) is 374 Å². The number of carbonyl (C=O) groups is 3. The third-order valence-corrected chi connectivity index (χ3v) is 15.7. The molecule has 81 heavy (non-hydrogen) atoms. The van der Waals surface area contributed by atoms with Crippen LogP contribution in [-0.2, 0) is 28.6 Å². The van der Waals surface area contributed by atoms with E-state index in [4.69, 9.17) is 14.2 Å². The zero-order valence-corrected chi connectivity index (χ0v) is 54.1. The van der Waals surface area contributed by atoms with Gasteiger partial charge >= 0.3 is 17.9 Å². The smallest absolute Gasteiger partial charge is 0.306 e. The summed E-state index contributed by atoms with van der Waals surface area (Å²) in [5.74, 6) is -0.871. The molecule has 0 rings (SSSR count). The van der Waals surface area contributed by atoms with Gasteiger partial charge in [0.1, 0.15) is 13.2 Å². The van der Waals surface area contributed by atoms with E-state index >= 15 is 0 Å². The SMILES string of the molecule is CC/C=C\C/C=C\C/C=C\C/C=C\C/C=C\CCCCCCCCCC(=O)OC(COC(=O)CCCCCCCCCCC)COC(=O)CCCCCCCCCCCCCCCCCCCCC/C=C\CCCCCCCCCC. The second kappa shape index (κ2) is 69.3. The Kier molecular flexibility index (Phi) is 66.6. The van der Waals surface area contributed by atoms with Crippen LogP contribution in [0.5, 0.6) is 0 Å². The molecular weight excluding hydrogens is 997 g/mol. The number of allylic oxidation sites excluding steroid dienone is 12. The molecule has 0 amide bonds. The molecule has 0 spiro atoms. The summed E-state index contributed by atoms with van der Waals surface area (Å²) in [5, 5.41) is 0. The van der Waals surface area contributed by atoms with Gasteiger partial charge in [0, 0.05) is 19.3 Å². The van der Waals surface area contributed by atoms with E-state index < -0.39 is 6.10 Å². The summed E-state index contributed by atoms with van der Waals surface area (Å²) >= 11 is 0. The quantitative estimate of drug-likeness (QED) is 0.0261. The third kappa shape index (κ3) is 67.5. The lowest BCUT2D eigenvalue weighted by Gasteiger charge is -2.18. The lowest BCUT2D eigenvalue weighted by molar-refractivity contribution is -0.167. The van der Waals surface area contributed by atoms with Crippen LogP contribution in [0.2, 0.25) is 0 Å². The Morgan fingerprint density at radius 3 is 0.765 bits per heavy atom. The maximum atomic E-state index is 12.9. The maximum Gasteiger partial charge on any atom is 0.306 e. The minimum Gasteiger partial charge on any atom is -0.462 e. The van der Waals surface area contributed by atoms with Crippen molar-refractivity contribution >= 4 is 17.9 Å². The van der Waals surface area contributed by atoms with Gasteiger partial charge < -0.3 is 14.2 Å². The molecule has 0 aromatic rings. The molecule has 0 saturated heterocycles. The maximum absolute atomic E-state index is 12.9. The molecule has 1 atom stereocenters. The summed E-state index contributed by atoms with van der Waals surface area (Å²) in [6.45, 7) is 6.55. The fourth-order valence-corrected chi connectivity index (χ4v) is 10.4. The summed E-state index contributed by atoms with van der Waals surface area (Å²) in [5.41, 5.74) is 0. The zero-order valence-electron chi connectivity index (χ0n) is 54.1.